The van der Waals surface area contributed by atoms with E-state index in [0.29, 0.717) is 19.0 Å². The lowest BCUT2D eigenvalue weighted by atomic mass is 10.1. The molecule has 1 amide bonds. The Morgan fingerprint density at radius 1 is 1.27 bits per heavy atom. The molecule has 0 aliphatic carbocycles. The predicted octanol–water partition coefficient (Wildman–Crippen LogP) is 2.07. The summed E-state index contributed by atoms with van der Waals surface area (Å²) >= 11 is 0. The number of hydrogen-bond donors (Lipinski definition) is 2. The number of hydrogen-bond acceptors (Lipinski definition) is 4. The molecule has 1 fully saturated rings. The number of nitrogens with zero attached hydrogens (tertiary/aromatic N) is 3. The molecule has 1 saturated heterocycles. The maximum absolute atomic E-state index is 13.2. The number of guanidine groups is 1. The Bertz CT molecular complexity index is 698. The van der Waals surface area contributed by atoms with Gasteiger partial charge in [0.25, 0.3) is 0 Å². The van der Waals surface area contributed by atoms with Crippen LogP contribution in [0.25, 0.3) is 0 Å². The lowest BCUT2D eigenvalue weighted by molar-refractivity contribution is -0.130. The van der Waals surface area contributed by atoms with Gasteiger partial charge >= 0.3 is 0 Å². The average Bonchev–Trinajstić information content (AvgIpc) is 2.69. The monoisotopic (exact) mass is 539 g/mol. The van der Waals surface area contributed by atoms with Crippen LogP contribution in [0.3, 0.4) is 0 Å². The van der Waals surface area contributed by atoms with Gasteiger partial charge in [-0.25, -0.2) is 13.8 Å². The molecule has 0 saturated carbocycles. The van der Waals surface area contributed by atoms with E-state index in [1.807, 2.05) is 6.92 Å². The Balaban J connectivity index is 0.00000450. The highest BCUT2D eigenvalue weighted by Gasteiger charge is 2.22. The molecule has 1 aromatic rings. The number of likely N-dealkylation sites (tertiary alicyclic amines) is 1. The van der Waals surface area contributed by atoms with E-state index in [1.165, 1.54) is 6.07 Å². The zero-order valence-electron chi connectivity index (χ0n) is 17.8. The number of amides is 1. The Morgan fingerprint density at radius 2 is 1.97 bits per heavy atom. The van der Waals surface area contributed by atoms with Crippen molar-refractivity contribution in [2.75, 3.05) is 53.4 Å². The van der Waals surface area contributed by atoms with Crippen LogP contribution in [0.2, 0.25) is 0 Å². The van der Waals surface area contributed by atoms with E-state index in [1.54, 1.807) is 19.0 Å². The van der Waals surface area contributed by atoms with Gasteiger partial charge in [0.05, 0.1) is 13.1 Å². The number of ether oxygens (including phenoxy) is 1. The van der Waals surface area contributed by atoms with E-state index in [2.05, 4.69) is 20.5 Å². The Kier molecular flexibility index (Phi) is 11.9. The summed E-state index contributed by atoms with van der Waals surface area (Å²) < 4.78 is 31.5. The van der Waals surface area contributed by atoms with E-state index in [-0.39, 0.29) is 48.3 Å². The lowest BCUT2D eigenvalue weighted by Crippen LogP contribution is -2.50. The number of aliphatic imine (C=N–C) groups is 1. The fraction of sp³-hybridized carbons (Fsp3) is 0.600. The van der Waals surface area contributed by atoms with Crippen LogP contribution in [0, 0.1) is 11.6 Å². The molecular weight excluding hydrogens is 507 g/mol. The van der Waals surface area contributed by atoms with Crippen molar-refractivity contribution in [3.63, 3.8) is 0 Å². The molecule has 0 aromatic heterocycles. The van der Waals surface area contributed by atoms with Gasteiger partial charge in [-0.15, -0.1) is 24.0 Å². The molecule has 1 aliphatic rings. The van der Waals surface area contributed by atoms with Gasteiger partial charge in [0.2, 0.25) is 5.91 Å². The second-order valence-electron chi connectivity index (χ2n) is 7.17. The van der Waals surface area contributed by atoms with Crippen LogP contribution >= 0.6 is 24.0 Å². The predicted molar refractivity (Wildman–Crippen MR) is 125 cm³/mol. The molecule has 1 aliphatic heterocycles. The molecule has 30 heavy (non-hydrogen) atoms. The van der Waals surface area contributed by atoms with Gasteiger partial charge in [-0.1, -0.05) is 0 Å². The summed E-state index contributed by atoms with van der Waals surface area (Å²) in [5.41, 5.74) is 0. The van der Waals surface area contributed by atoms with Gasteiger partial charge < -0.3 is 20.3 Å². The minimum Gasteiger partial charge on any atom is -0.492 e. The van der Waals surface area contributed by atoms with Crippen LogP contribution in [0.15, 0.2) is 23.2 Å². The van der Waals surface area contributed by atoms with Crippen LogP contribution in [-0.4, -0.2) is 81.1 Å². The fourth-order valence-electron chi connectivity index (χ4n) is 2.97. The normalized spacial score (nSPS) is 15.3. The average molecular weight is 539 g/mol. The molecule has 10 heteroatoms. The number of carbonyl (C=O) groups is 1. The number of rotatable bonds is 8. The number of benzene rings is 1. The highest BCUT2D eigenvalue weighted by atomic mass is 127. The minimum absolute atomic E-state index is 0. The molecule has 0 spiro atoms. The van der Waals surface area contributed by atoms with Crippen molar-refractivity contribution in [1.29, 1.82) is 0 Å². The van der Waals surface area contributed by atoms with Crippen LogP contribution in [0.5, 0.6) is 5.75 Å². The first-order chi connectivity index (χ1) is 13.9. The summed E-state index contributed by atoms with van der Waals surface area (Å²) in [5, 5.41) is 6.62. The third-order valence-electron chi connectivity index (χ3n) is 4.65. The topological polar surface area (TPSA) is 69.2 Å². The highest BCUT2D eigenvalue weighted by Crippen LogP contribution is 2.15. The van der Waals surface area contributed by atoms with E-state index in [0.717, 1.165) is 44.6 Å². The molecule has 2 rings (SSSR count). The molecule has 1 heterocycles. The van der Waals surface area contributed by atoms with Gasteiger partial charge in [0.1, 0.15) is 12.4 Å². The smallest absolute Gasteiger partial charge is 0.236 e. The molecule has 0 unspecified atom stereocenters. The van der Waals surface area contributed by atoms with E-state index in [4.69, 9.17) is 4.74 Å². The number of halogens is 3. The van der Waals surface area contributed by atoms with Gasteiger partial charge in [0.15, 0.2) is 17.6 Å². The molecule has 0 radical (unpaired) electrons. The zero-order chi connectivity index (χ0) is 21.2. The van der Waals surface area contributed by atoms with Crippen molar-refractivity contribution in [3.8, 4) is 5.75 Å². The largest absolute Gasteiger partial charge is 0.492 e. The van der Waals surface area contributed by atoms with E-state index >= 15 is 0 Å². The number of piperidine rings is 1. The summed E-state index contributed by atoms with van der Waals surface area (Å²) in [6.45, 7) is 5.52. The molecule has 1 aromatic carbocycles. The summed E-state index contributed by atoms with van der Waals surface area (Å²) in [6, 6.07) is 3.74. The maximum Gasteiger partial charge on any atom is 0.236 e. The standard InChI is InChI=1S/C20H31F2N5O2.HI/c1-4-23-20(24-9-12-29-16-5-6-17(21)18(22)13-16)25-15-7-10-27(11-8-15)14-19(28)26(2)3;/h5-6,13,15H,4,7-12,14H2,1-3H3,(H2,23,24,25);1H. The van der Waals surface area contributed by atoms with E-state index < -0.39 is 11.6 Å². The number of carbonyl (C=O) groups excluding carboxylic acids is 1. The SMILES string of the molecule is CCNC(=NCCOc1ccc(F)c(F)c1)NC1CCN(CC(=O)N(C)C)CC1.I. The molecular formula is C20H32F2IN5O2. The summed E-state index contributed by atoms with van der Waals surface area (Å²) in [6.07, 6.45) is 1.85. The molecule has 7 nitrogen and oxygen atoms in total. The Labute approximate surface area is 194 Å². The van der Waals surface area contributed by atoms with Crippen molar-refractivity contribution < 1.29 is 18.3 Å². The number of nitrogens with one attached hydrogen (secondary N) is 2. The summed E-state index contributed by atoms with van der Waals surface area (Å²) in [7, 11) is 3.54. The third kappa shape index (κ3) is 8.99. The van der Waals surface area contributed by atoms with Crippen molar-refractivity contribution in [2.24, 2.45) is 4.99 Å². The van der Waals surface area contributed by atoms with E-state index in [9.17, 15) is 13.6 Å². The zero-order valence-corrected chi connectivity index (χ0v) is 20.1. The second-order valence-corrected chi connectivity index (χ2v) is 7.17. The first-order valence-electron chi connectivity index (χ1n) is 9.94. The lowest BCUT2D eigenvalue weighted by Gasteiger charge is -2.33. The maximum atomic E-state index is 13.2. The highest BCUT2D eigenvalue weighted by molar-refractivity contribution is 14.0. The Hall–Kier alpha value is -1.69. The first-order valence-corrected chi connectivity index (χ1v) is 9.94. The van der Waals surface area contributed by atoms with Gasteiger partial charge in [0, 0.05) is 45.8 Å². The van der Waals surface area contributed by atoms with Crippen molar-refractivity contribution in [2.45, 2.75) is 25.8 Å². The molecule has 0 bridgehead atoms. The van der Waals surface area contributed by atoms with Crippen molar-refractivity contribution in [3.05, 3.63) is 29.8 Å². The van der Waals surface area contributed by atoms with Gasteiger partial charge in [-0.2, -0.15) is 0 Å². The van der Waals surface area contributed by atoms with Crippen LogP contribution in [0.4, 0.5) is 8.78 Å². The second kappa shape index (κ2) is 13.6. The van der Waals surface area contributed by atoms with Crippen molar-refractivity contribution >= 4 is 35.8 Å². The Morgan fingerprint density at radius 3 is 2.57 bits per heavy atom. The summed E-state index contributed by atoms with van der Waals surface area (Å²) in [5.74, 6) is -0.737. The quantitative estimate of drug-likeness (QED) is 0.229. The molecule has 170 valence electrons. The van der Waals surface area contributed by atoms with Crippen LogP contribution in [-0.2, 0) is 4.79 Å². The summed E-state index contributed by atoms with van der Waals surface area (Å²) in [4.78, 5) is 20.1. The fourth-order valence-corrected chi connectivity index (χ4v) is 2.97. The van der Waals surface area contributed by atoms with Gasteiger partial charge in [-0.05, 0) is 31.9 Å². The van der Waals surface area contributed by atoms with Crippen LogP contribution < -0.4 is 15.4 Å². The molecule has 2 N–H and O–H groups in total. The first kappa shape index (κ1) is 26.3. The minimum atomic E-state index is -0.931. The molecule has 0 atom stereocenters. The number of likely N-dealkylation sites (N-methyl/N-ethyl adjacent to an activating group) is 1. The van der Waals surface area contributed by atoms with Gasteiger partial charge in [-0.3, -0.25) is 9.69 Å². The van der Waals surface area contributed by atoms with Crippen LogP contribution in [0.1, 0.15) is 19.8 Å². The third-order valence-corrected chi connectivity index (χ3v) is 4.65. The van der Waals surface area contributed by atoms with Crippen molar-refractivity contribution in [1.82, 2.24) is 20.4 Å².